The third-order valence-electron chi connectivity index (χ3n) is 3.63. The summed E-state index contributed by atoms with van der Waals surface area (Å²) < 4.78 is 5.56. The van der Waals surface area contributed by atoms with Crippen LogP contribution in [-0.2, 0) is 14.3 Å². The Morgan fingerprint density at radius 3 is 3.00 bits per heavy atom. The Bertz CT molecular complexity index is 453. The van der Waals surface area contributed by atoms with Gasteiger partial charge in [0.05, 0.1) is 6.10 Å². The molecule has 20 heavy (non-hydrogen) atoms. The molecule has 6 nitrogen and oxygen atoms in total. The molecule has 0 aliphatic carbocycles. The van der Waals surface area contributed by atoms with Crippen LogP contribution in [0.1, 0.15) is 26.2 Å². The number of amides is 2. The van der Waals surface area contributed by atoms with Gasteiger partial charge in [-0.2, -0.15) is 0 Å². The Hall–Kier alpha value is -1.82. The van der Waals surface area contributed by atoms with E-state index in [-0.39, 0.29) is 12.0 Å². The van der Waals surface area contributed by atoms with Crippen LogP contribution in [0.15, 0.2) is 23.9 Å². The van der Waals surface area contributed by atoms with E-state index in [2.05, 4.69) is 10.6 Å². The number of ether oxygens (including phenoxy) is 1. The number of nitrogens with two attached hydrogens (primary N) is 1. The van der Waals surface area contributed by atoms with Gasteiger partial charge in [0, 0.05) is 18.7 Å². The fourth-order valence-corrected chi connectivity index (χ4v) is 2.27. The molecule has 4 N–H and O–H groups in total. The van der Waals surface area contributed by atoms with Crippen LogP contribution in [-0.4, -0.2) is 36.6 Å². The number of dihydropyridines is 1. The molecule has 2 aliphatic rings. The molecular weight excluding hydrogens is 258 g/mol. The first kappa shape index (κ1) is 14.6. The van der Waals surface area contributed by atoms with E-state index in [1.807, 2.05) is 0 Å². The van der Waals surface area contributed by atoms with Gasteiger partial charge >= 0.3 is 0 Å². The zero-order chi connectivity index (χ0) is 14.6. The second kappa shape index (κ2) is 6.09. The summed E-state index contributed by atoms with van der Waals surface area (Å²) in [6.07, 6.45) is 8.01. The molecule has 110 valence electrons. The fourth-order valence-electron chi connectivity index (χ4n) is 2.27. The van der Waals surface area contributed by atoms with Gasteiger partial charge in [0.2, 0.25) is 5.91 Å². The van der Waals surface area contributed by atoms with Gasteiger partial charge in [-0.05, 0) is 44.5 Å². The van der Waals surface area contributed by atoms with Crippen molar-refractivity contribution in [3.8, 4) is 0 Å². The summed E-state index contributed by atoms with van der Waals surface area (Å²) >= 11 is 0. The smallest absolute Gasteiger partial charge is 0.251 e. The number of carbonyl (C=O) groups excluding carboxylic acids is 2. The summed E-state index contributed by atoms with van der Waals surface area (Å²) in [5.41, 5.74) is 4.73. The highest BCUT2D eigenvalue weighted by Crippen LogP contribution is 2.16. The molecule has 0 radical (unpaired) electrons. The van der Waals surface area contributed by atoms with E-state index in [1.54, 1.807) is 25.3 Å². The molecule has 0 spiro atoms. The lowest BCUT2D eigenvalue weighted by Gasteiger charge is -2.27. The molecule has 0 aromatic heterocycles. The first-order valence-electron chi connectivity index (χ1n) is 6.88. The van der Waals surface area contributed by atoms with Gasteiger partial charge in [-0.15, -0.1) is 0 Å². The molecule has 2 aliphatic heterocycles. The van der Waals surface area contributed by atoms with Crippen molar-refractivity contribution >= 4 is 11.8 Å². The van der Waals surface area contributed by atoms with Crippen LogP contribution in [0.2, 0.25) is 0 Å². The van der Waals surface area contributed by atoms with Gasteiger partial charge in [0.25, 0.3) is 5.91 Å². The van der Waals surface area contributed by atoms with Crippen molar-refractivity contribution in [1.29, 1.82) is 0 Å². The van der Waals surface area contributed by atoms with Crippen LogP contribution in [0.5, 0.6) is 0 Å². The van der Waals surface area contributed by atoms with Gasteiger partial charge in [0.15, 0.2) is 0 Å². The van der Waals surface area contributed by atoms with Crippen molar-refractivity contribution in [2.24, 2.45) is 5.73 Å². The van der Waals surface area contributed by atoms with Crippen LogP contribution >= 0.6 is 0 Å². The molecule has 2 heterocycles. The molecule has 2 amide bonds. The molecule has 0 aromatic carbocycles. The highest BCUT2D eigenvalue weighted by molar-refractivity contribution is 5.99. The number of carbonyl (C=O) groups is 2. The van der Waals surface area contributed by atoms with E-state index in [0.29, 0.717) is 12.1 Å². The van der Waals surface area contributed by atoms with E-state index < -0.39 is 11.4 Å². The third kappa shape index (κ3) is 3.39. The molecule has 0 saturated carbocycles. The average Bonchev–Trinajstić information content (AvgIpc) is 2.46. The standard InChI is InChI=1S/C14H21N3O3/c1-14(13(15)19)8-10(5-6-17-14)12(18)16-9-11-4-2-3-7-20-11/h5-6,8,11,17H,2-4,7,9H2,1H3,(H2,15,19)(H,16,18). The van der Waals surface area contributed by atoms with E-state index >= 15 is 0 Å². The number of nitrogens with one attached hydrogen (secondary N) is 2. The van der Waals surface area contributed by atoms with Crippen molar-refractivity contribution in [1.82, 2.24) is 10.6 Å². The van der Waals surface area contributed by atoms with Gasteiger partial charge in [-0.25, -0.2) is 0 Å². The summed E-state index contributed by atoms with van der Waals surface area (Å²) in [4.78, 5) is 23.5. The average molecular weight is 279 g/mol. The van der Waals surface area contributed by atoms with E-state index in [9.17, 15) is 9.59 Å². The molecule has 0 bridgehead atoms. The van der Waals surface area contributed by atoms with Crippen molar-refractivity contribution in [2.75, 3.05) is 13.2 Å². The van der Waals surface area contributed by atoms with Crippen molar-refractivity contribution in [3.63, 3.8) is 0 Å². The number of primary amides is 1. The lowest BCUT2D eigenvalue weighted by molar-refractivity contribution is -0.121. The zero-order valence-electron chi connectivity index (χ0n) is 11.6. The lowest BCUT2D eigenvalue weighted by Crippen LogP contribution is -2.51. The summed E-state index contributed by atoms with van der Waals surface area (Å²) in [5.74, 6) is -0.743. The molecule has 2 atom stereocenters. The Morgan fingerprint density at radius 2 is 2.35 bits per heavy atom. The zero-order valence-corrected chi connectivity index (χ0v) is 11.6. The Kier molecular flexibility index (Phi) is 4.44. The number of hydrogen-bond acceptors (Lipinski definition) is 4. The normalized spacial score (nSPS) is 29.2. The van der Waals surface area contributed by atoms with Gasteiger partial charge in [-0.1, -0.05) is 0 Å². The van der Waals surface area contributed by atoms with Crippen molar-refractivity contribution in [3.05, 3.63) is 23.9 Å². The Balaban J connectivity index is 1.93. The summed E-state index contributed by atoms with van der Waals surface area (Å²) in [7, 11) is 0. The van der Waals surface area contributed by atoms with E-state index in [1.165, 1.54) is 0 Å². The van der Waals surface area contributed by atoms with Crippen LogP contribution in [0, 0.1) is 0 Å². The largest absolute Gasteiger partial charge is 0.376 e. The van der Waals surface area contributed by atoms with E-state index in [4.69, 9.17) is 10.5 Å². The summed E-state index contributed by atoms with van der Waals surface area (Å²) in [6.45, 7) is 2.88. The van der Waals surface area contributed by atoms with Crippen LogP contribution in [0.25, 0.3) is 0 Å². The number of rotatable bonds is 4. The van der Waals surface area contributed by atoms with Crippen LogP contribution in [0.3, 0.4) is 0 Å². The van der Waals surface area contributed by atoms with Gasteiger partial charge in [-0.3, -0.25) is 9.59 Å². The van der Waals surface area contributed by atoms with Gasteiger partial charge in [0.1, 0.15) is 5.54 Å². The van der Waals surface area contributed by atoms with Crippen molar-refractivity contribution < 1.29 is 14.3 Å². The third-order valence-corrected chi connectivity index (χ3v) is 3.63. The molecule has 0 aromatic rings. The predicted octanol–water partition coefficient (Wildman–Crippen LogP) is -0.0410. The quantitative estimate of drug-likeness (QED) is 0.673. The molecule has 1 fully saturated rings. The molecule has 2 rings (SSSR count). The number of hydrogen-bond donors (Lipinski definition) is 3. The maximum atomic E-state index is 12.1. The second-order valence-corrected chi connectivity index (χ2v) is 5.34. The Labute approximate surface area is 118 Å². The van der Waals surface area contributed by atoms with Crippen LogP contribution in [0.4, 0.5) is 0 Å². The predicted molar refractivity (Wildman–Crippen MR) is 74.6 cm³/mol. The van der Waals surface area contributed by atoms with E-state index in [0.717, 1.165) is 25.9 Å². The molecule has 6 heteroatoms. The first-order valence-corrected chi connectivity index (χ1v) is 6.88. The summed E-state index contributed by atoms with van der Waals surface area (Å²) in [5, 5.41) is 5.68. The minimum atomic E-state index is -1.03. The maximum Gasteiger partial charge on any atom is 0.251 e. The van der Waals surface area contributed by atoms with Gasteiger partial charge < -0.3 is 21.1 Å². The second-order valence-electron chi connectivity index (χ2n) is 5.34. The summed E-state index contributed by atoms with van der Waals surface area (Å²) in [6, 6.07) is 0. The molecule has 1 saturated heterocycles. The molecular formula is C14H21N3O3. The first-order chi connectivity index (χ1) is 9.51. The minimum absolute atomic E-state index is 0.0847. The van der Waals surface area contributed by atoms with Crippen LogP contribution < -0.4 is 16.4 Å². The van der Waals surface area contributed by atoms with Crippen molar-refractivity contribution in [2.45, 2.75) is 37.8 Å². The topological polar surface area (TPSA) is 93.5 Å². The highest BCUT2D eigenvalue weighted by atomic mass is 16.5. The fraction of sp³-hybridized carbons (Fsp3) is 0.571. The lowest BCUT2D eigenvalue weighted by atomic mass is 9.95. The Morgan fingerprint density at radius 1 is 1.55 bits per heavy atom. The maximum absolute atomic E-state index is 12.1. The minimum Gasteiger partial charge on any atom is -0.376 e. The SMILES string of the molecule is CC1(C(N)=O)C=C(C(=O)NCC2CCCCO2)C=CN1. The highest BCUT2D eigenvalue weighted by Gasteiger charge is 2.30. The monoisotopic (exact) mass is 279 g/mol. The molecule has 2 unspecified atom stereocenters.